The van der Waals surface area contributed by atoms with Gasteiger partial charge in [0.15, 0.2) is 0 Å². The highest BCUT2D eigenvalue weighted by atomic mass is 32.2. The minimum atomic E-state index is -3.69. The van der Waals surface area contributed by atoms with Crippen molar-refractivity contribution in [3.8, 4) is 0 Å². The minimum absolute atomic E-state index is 0.252. The van der Waals surface area contributed by atoms with Gasteiger partial charge in [0.2, 0.25) is 0 Å². The summed E-state index contributed by atoms with van der Waals surface area (Å²) in [5.41, 5.74) is 1.41. The Bertz CT molecular complexity index is 938. The maximum absolute atomic E-state index is 12.7. The molecule has 0 atom stereocenters. The zero-order chi connectivity index (χ0) is 16.4. The summed E-state index contributed by atoms with van der Waals surface area (Å²) in [6, 6.07) is 14.3. The second-order valence-corrected chi connectivity index (χ2v) is 7.02. The van der Waals surface area contributed by atoms with Gasteiger partial charge in [-0.05, 0) is 24.3 Å². The van der Waals surface area contributed by atoms with Crippen LogP contribution in [0, 0.1) is 0 Å². The molecule has 118 valence electrons. The Labute approximate surface area is 135 Å². The highest BCUT2D eigenvalue weighted by Gasteiger charge is 2.18. The number of benzene rings is 2. The minimum Gasteiger partial charge on any atom is -0.377 e. The van der Waals surface area contributed by atoms with E-state index in [-0.39, 0.29) is 4.90 Å². The van der Waals surface area contributed by atoms with Gasteiger partial charge in [-0.15, -0.1) is 0 Å². The van der Waals surface area contributed by atoms with E-state index in [4.69, 9.17) is 0 Å². The first-order chi connectivity index (χ1) is 11.0. The molecule has 2 aromatic carbocycles. The standard InChI is InChI=1S/C17H17N3O2S/c1-20(2)16-9-3-8-15-14(16)7-4-10-17(15)23(21,22)19-13-6-5-11-18-12-13/h3-12,19H,1-2H3. The first-order valence-corrected chi connectivity index (χ1v) is 8.59. The number of nitrogens with zero attached hydrogens (tertiary/aromatic N) is 2. The van der Waals surface area contributed by atoms with Gasteiger partial charge < -0.3 is 4.90 Å². The highest BCUT2D eigenvalue weighted by Crippen LogP contribution is 2.30. The summed E-state index contributed by atoms with van der Waals surface area (Å²) in [7, 11) is 0.178. The fourth-order valence-electron chi connectivity index (χ4n) is 2.52. The van der Waals surface area contributed by atoms with Gasteiger partial charge in [-0.1, -0.05) is 24.3 Å². The predicted molar refractivity (Wildman–Crippen MR) is 93.3 cm³/mol. The predicted octanol–water partition coefficient (Wildman–Crippen LogP) is 3.10. The van der Waals surface area contributed by atoms with Crippen molar-refractivity contribution in [3.63, 3.8) is 0 Å². The average molecular weight is 327 g/mol. The van der Waals surface area contributed by atoms with E-state index in [1.54, 1.807) is 30.5 Å². The van der Waals surface area contributed by atoms with Crippen molar-refractivity contribution in [2.24, 2.45) is 0 Å². The fourth-order valence-corrected chi connectivity index (χ4v) is 3.79. The fraction of sp³-hybridized carbons (Fsp3) is 0.118. The van der Waals surface area contributed by atoms with E-state index >= 15 is 0 Å². The van der Waals surface area contributed by atoms with Crippen molar-refractivity contribution in [3.05, 3.63) is 60.9 Å². The molecule has 0 saturated carbocycles. The van der Waals surface area contributed by atoms with Crippen molar-refractivity contribution >= 4 is 32.2 Å². The second kappa shape index (κ2) is 5.89. The van der Waals surface area contributed by atoms with E-state index in [1.807, 2.05) is 43.3 Å². The molecule has 5 nitrogen and oxygen atoms in total. The molecule has 0 aliphatic carbocycles. The lowest BCUT2D eigenvalue weighted by Gasteiger charge is -2.17. The number of aromatic nitrogens is 1. The largest absolute Gasteiger partial charge is 0.377 e. The lowest BCUT2D eigenvalue weighted by molar-refractivity contribution is 0.602. The van der Waals surface area contributed by atoms with Crippen LogP contribution in [0.15, 0.2) is 65.8 Å². The first-order valence-electron chi connectivity index (χ1n) is 7.11. The molecule has 0 aliphatic rings. The third-order valence-corrected chi connectivity index (χ3v) is 4.98. The van der Waals surface area contributed by atoms with Crippen LogP contribution in [-0.2, 0) is 10.0 Å². The number of rotatable bonds is 4. The monoisotopic (exact) mass is 327 g/mol. The van der Waals surface area contributed by atoms with Crippen molar-refractivity contribution in [2.75, 3.05) is 23.7 Å². The Morgan fingerprint density at radius 1 is 0.957 bits per heavy atom. The Hall–Kier alpha value is -2.60. The molecule has 1 heterocycles. The highest BCUT2D eigenvalue weighted by molar-refractivity contribution is 7.93. The molecule has 3 rings (SSSR count). The second-order valence-electron chi connectivity index (χ2n) is 5.37. The summed E-state index contributed by atoms with van der Waals surface area (Å²) in [5, 5.41) is 1.58. The number of hydrogen-bond acceptors (Lipinski definition) is 4. The number of hydrogen-bond donors (Lipinski definition) is 1. The van der Waals surface area contributed by atoms with Crippen LogP contribution >= 0.6 is 0 Å². The van der Waals surface area contributed by atoms with E-state index in [0.29, 0.717) is 11.1 Å². The van der Waals surface area contributed by atoms with Crippen molar-refractivity contribution in [1.82, 2.24) is 4.98 Å². The number of nitrogens with one attached hydrogen (secondary N) is 1. The third-order valence-electron chi connectivity index (χ3n) is 3.54. The van der Waals surface area contributed by atoms with Crippen molar-refractivity contribution < 1.29 is 8.42 Å². The van der Waals surface area contributed by atoms with Crippen LogP contribution in [0.25, 0.3) is 10.8 Å². The Balaban J connectivity index is 2.14. The molecule has 0 amide bonds. The zero-order valence-corrected chi connectivity index (χ0v) is 13.7. The summed E-state index contributed by atoms with van der Waals surface area (Å²) < 4.78 is 28.1. The molecule has 0 aliphatic heterocycles. The van der Waals surface area contributed by atoms with Crippen LogP contribution in [-0.4, -0.2) is 27.5 Å². The topological polar surface area (TPSA) is 62.3 Å². The van der Waals surface area contributed by atoms with E-state index in [9.17, 15) is 8.42 Å². The molecule has 0 unspecified atom stereocenters. The number of sulfonamides is 1. The van der Waals surface area contributed by atoms with Gasteiger partial charge in [-0.3, -0.25) is 9.71 Å². The van der Waals surface area contributed by atoms with E-state index in [2.05, 4.69) is 9.71 Å². The molecule has 6 heteroatoms. The quantitative estimate of drug-likeness (QED) is 0.800. The van der Waals surface area contributed by atoms with Gasteiger partial charge >= 0.3 is 0 Å². The molecular formula is C17H17N3O2S. The van der Waals surface area contributed by atoms with Gasteiger partial charge in [0, 0.05) is 36.8 Å². The summed E-state index contributed by atoms with van der Waals surface area (Å²) >= 11 is 0. The Morgan fingerprint density at radius 2 is 1.70 bits per heavy atom. The normalized spacial score (nSPS) is 11.4. The molecule has 0 bridgehead atoms. The molecule has 0 spiro atoms. The van der Waals surface area contributed by atoms with Crippen LogP contribution in [0.1, 0.15) is 0 Å². The summed E-state index contributed by atoms with van der Waals surface area (Å²) in [4.78, 5) is 6.15. The molecule has 0 saturated heterocycles. The molecule has 23 heavy (non-hydrogen) atoms. The smallest absolute Gasteiger partial charge is 0.262 e. The number of fused-ring (bicyclic) bond motifs is 1. The molecule has 3 aromatic rings. The summed E-state index contributed by atoms with van der Waals surface area (Å²) in [6.07, 6.45) is 3.08. The van der Waals surface area contributed by atoms with E-state index in [1.165, 1.54) is 6.20 Å². The molecule has 1 aromatic heterocycles. The number of pyridine rings is 1. The van der Waals surface area contributed by atoms with Crippen LogP contribution < -0.4 is 9.62 Å². The molecule has 0 fully saturated rings. The SMILES string of the molecule is CN(C)c1cccc2c(S(=O)(=O)Nc3cccnc3)cccc12. The summed E-state index contributed by atoms with van der Waals surface area (Å²) in [5.74, 6) is 0. The Kier molecular flexibility index (Phi) is 3.92. The van der Waals surface area contributed by atoms with Gasteiger partial charge in [0.1, 0.15) is 0 Å². The summed E-state index contributed by atoms with van der Waals surface area (Å²) in [6.45, 7) is 0. The van der Waals surface area contributed by atoms with Crippen LogP contribution in [0.5, 0.6) is 0 Å². The number of anilines is 2. The average Bonchev–Trinajstić information content (AvgIpc) is 2.54. The van der Waals surface area contributed by atoms with Gasteiger partial charge in [0.25, 0.3) is 10.0 Å². The maximum atomic E-state index is 12.7. The third kappa shape index (κ3) is 2.98. The van der Waals surface area contributed by atoms with Crippen molar-refractivity contribution in [2.45, 2.75) is 4.90 Å². The van der Waals surface area contributed by atoms with Crippen LogP contribution in [0.4, 0.5) is 11.4 Å². The lowest BCUT2D eigenvalue weighted by atomic mass is 10.1. The lowest BCUT2D eigenvalue weighted by Crippen LogP contribution is -2.14. The van der Waals surface area contributed by atoms with E-state index < -0.39 is 10.0 Å². The Morgan fingerprint density at radius 3 is 2.39 bits per heavy atom. The van der Waals surface area contributed by atoms with Crippen molar-refractivity contribution in [1.29, 1.82) is 0 Å². The zero-order valence-electron chi connectivity index (χ0n) is 12.9. The van der Waals surface area contributed by atoms with E-state index in [0.717, 1.165) is 11.1 Å². The van der Waals surface area contributed by atoms with Crippen LogP contribution in [0.2, 0.25) is 0 Å². The molecule has 0 radical (unpaired) electrons. The van der Waals surface area contributed by atoms with Crippen LogP contribution in [0.3, 0.4) is 0 Å². The molecule has 1 N–H and O–H groups in total. The van der Waals surface area contributed by atoms with Gasteiger partial charge in [-0.2, -0.15) is 0 Å². The first kappa shape index (κ1) is 15.3. The van der Waals surface area contributed by atoms with Gasteiger partial charge in [-0.25, -0.2) is 8.42 Å². The maximum Gasteiger partial charge on any atom is 0.262 e. The molecular weight excluding hydrogens is 310 g/mol. The van der Waals surface area contributed by atoms with Gasteiger partial charge in [0.05, 0.1) is 16.8 Å².